The van der Waals surface area contributed by atoms with Gasteiger partial charge in [0.1, 0.15) is 0 Å². The number of esters is 2. The molecule has 0 aliphatic carbocycles. The van der Waals surface area contributed by atoms with Gasteiger partial charge in [0.05, 0.1) is 13.2 Å². The Morgan fingerprint density at radius 3 is 1.42 bits per heavy atom. The highest BCUT2D eigenvalue weighted by molar-refractivity contribution is 5.87. The second kappa shape index (κ2) is 19.8. The average molecular weight is 699 g/mol. The van der Waals surface area contributed by atoms with Gasteiger partial charge in [-0.2, -0.15) is 0 Å². The predicted molar refractivity (Wildman–Crippen MR) is 218 cm³/mol. The Balaban J connectivity index is 1.61. The molecule has 0 radical (unpaired) electrons. The first-order valence-electron chi connectivity index (χ1n) is 19.2. The SMILES string of the molecule is C=C(C)C(=O)OCCCc1cc(-c2ccc(-c3ccc(-c4ccc(CCCCC)cc4)c(CC)c3)cc2CC)cc(CCCOC(=O)C(=C)C)c1C. The van der Waals surface area contributed by atoms with E-state index in [2.05, 4.69) is 114 Å². The van der Waals surface area contributed by atoms with E-state index < -0.39 is 0 Å². The van der Waals surface area contributed by atoms with Crippen molar-refractivity contribution in [3.63, 3.8) is 0 Å². The number of unbranched alkanes of at least 4 members (excludes halogenated alkanes) is 2. The van der Waals surface area contributed by atoms with Crippen molar-refractivity contribution in [2.45, 2.75) is 106 Å². The van der Waals surface area contributed by atoms with Crippen LogP contribution in [0, 0.1) is 6.92 Å². The lowest BCUT2D eigenvalue weighted by Crippen LogP contribution is -2.08. The van der Waals surface area contributed by atoms with Gasteiger partial charge >= 0.3 is 11.9 Å². The number of rotatable bonds is 19. The molecule has 0 bridgehead atoms. The molecule has 0 unspecified atom stereocenters. The van der Waals surface area contributed by atoms with Gasteiger partial charge in [0.25, 0.3) is 0 Å². The topological polar surface area (TPSA) is 52.6 Å². The van der Waals surface area contributed by atoms with Gasteiger partial charge in [-0.05, 0) is 139 Å². The van der Waals surface area contributed by atoms with Crippen LogP contribution in [-0.2, 0) is 51.2 Å². The van der Waals surface area contributed by atoms with E-state index in [1.165, 1.54) is 86.0 Å². The summed E-state index contributed by atoms with van der Waals surface area (Å²) < 4.78 is 10.8. The van der Waals surface area contributed by atoms with Gasteiger partial charge in [0.2, 0.25) is 0 Å². The lowest BCUT2D eigenvalue weighted by atomic mass is 9.87. The van der Waals surface area contributed by atoms with Crippen molar-refractivity contribution in [3.8, 4) is 33.4 Å². The maximum Gasteiger partial charge on any atom is 0.333 e. The van der Waals surface area contributed by atoms with Gasteiger partial charge < -0.3 is 9.47 Å². The fourth-order valence-electron chi connectivity index (χ4n) is 6.74. The lowest BCUT2D eigenvalue weighted by molar-refractivity contribution is -0.139. The molecule has 0 aromatic heterocycles. The maximum atomic E-state index is 12.0. The molecule has 274 valence electrons. The first-order valence-corrected chi connectivity index (χ1v) is 19.2. The molecular weight excluding hydrogens is 641 g/mol. The minimum atomic E-state index is -0.351. The van der Waals surface area contributed by atoms with E-state index in [0.717, 1.165) is 44.9 Å². The van der Waals surface area contributed by atoms with Crippen molar-refractivity contribution in [2.75, 3.05) is 13.2 Å². The van der Waals surface area contributed by atoms with Gasteiger partial charge in [-0.25, -0.2) is 9.59 Å². The molecule has 0 saturated carbocycles. The Labute approximate surface area is 313 Å². The summed E-state index contributed by atoms with van der Waals surface area (Å²) in [6, 6.07) is 27.5. The molecule has 0 aliphatic heterocycles. The highest BCUT2D eigenvalue weighted by Gasteiger charge is 2.15. The quantitative estimate of drug-likeness (QED) is 0.0556. The van der Waals surface area contributed by atoms with E-state index in [1.807, 2.05) is 0 Å². The van der Waals surface area contributed by atoms with Crippen molar-refractivity contribution >= 4 is 11.9 Å². The van der Waals surface area contributed by atoms with Crippen molar-refractivity contribution in [3.05, 3.63) is 130 Å². The zero-order valence-corrected chi connectivity index (χ0v) is 32.5. The molecule has 0 fully saturated rings. The van der Waals surface area contributed by atoms with Crippen LogP contribution in [-0.4, -0.2) is 25.2 Å². The van der Waals surface area contributed by atoms with E-state index in [1.54, 1.807) is 13.8 Å². The molecule has 0 atom stereocenters. The first-order chi connectivity index (χ1) is 25.1. The second-order valence-electron chi connectivity index (χ2n) is 14.1. The van der Waals surface area contributed by atoms with Gasteiger partial charge in [-0.3, -0.25) is 0 Å². The molecule has 4 rings (SSSR count). The molecule has 0 spiro atoms. The largest absolute Gasteiger partial charge is 0.462 e. The summed E-state index contributed by atoms with van der Waals surface area (Å²) in [4.78, 5) is 23.9. The van der Waals surface area contributed by atoms with E-state index in [-0.39, 0.29) is 11.9 Å². The van der Waals surface area contributed by atoms with Gasteiger partial charge in [0, 0.05) is 11.1 Å². The van der Waals surface area contributed by atoms with E-state index >= 15 is 0 Å². The number of hydrogen-bond acceptors (Lipinski definition) is 4. The van der Waals surface area contributed by atoms with Crippen LogP contribution in [0.3, 0.4) is 0 Å². The number of benzene rings is 4. The molecule has 4 nitrogen and oxygen atoms in total. The van der Waals surface area contributed by atoms with Crippen LogP contribution in [0.5, 0.6) is 0 Å². The number of carbonyl (C=O) groups excluding carboxylic acids is 2. The standard InChI is InChI=1S/C48H58O4/c1-9-12-13-16-36-19-21-39(22-20-36)45-25-23-42(29-37(45)10-2)43-24-26-46(38(11-3)30-43)44-31-40(17-14-27-51-47(49)33(4)5)35(8)41(32-44)18-15-28-52-48(50)34(6)7/h19-26,29-32H,4,6,9-18,27-28H2,1-3,5,7-8H3. The van der Waals surface area contributed by atoms with E-state index in [4.69, 9.17) is 9.47 Å². The van der Waals surface area contributed by atoms with Crippen LogP contribution < -0.4 is 0 Å². The fourth-order valence-corrected chi connectivity index (χ4v) is 6.74. The van der Waals surface area contributed by atoms with Gasteiger partial charge in [-0.15, -0.1) is 0 Å². The third kappa shape index (κ3) is 10.9. The van der Waals surface area contributed by atoms with Crippen LogP contribution >= 0.6 is 0 Å². The monoisotopic (exact) mass is 698 g/mol. The summed E-state index contributed by atoms with van der Waals surface area (Å²) in [7, 11) is 0. The molecular formula is C48H58O4. The predicted octanol–water partition coefficient (Wildman–Crippen LogP) is 12.0. The van der Waals surface area contributed by atoms with E-state index in [0.29, 0.717) is 24.4 Å². The van der Waals surface area contributed by atoms with E-state index in [9.17, 15) is 9.59 Å². The lowest BCUT2D eigenvalue weighted by Gasteiger charge is -2.18. The number of hydrogen-bond donors (Lipinski definition) is 0. The van der Waals surface area contributed by atoms with Gasteiger partial charge in [0.15, 0.2) is 0 Å². The van der Waals surface area contributed by atoms with Crippen LogP contribution in [0.4, 0.5) is 0 Å². The number of carbonyl (C=O) groups is 2. The summed E-state index contributed by atoms with van der Waals surface area (Å²) in [5.41, 5.74) is 16.0. The minimum absolute atomic E-state index is 0.347. The summed E-state index contributed by atoms with van der Waals surface area (Å²) in [5, 5.41) is 0. The summed E-state index contributed by atoms with van der Waals surface area (Å²) in [6.07, 6.45) is 9.80. The zero-order chi connectivity index (χ0) is 37.6. The summed E-state index contributed by atoms with van der Waals surface area (Å²) in [5.74, 6) is -0.702. The summed E-state index contributed by atoms with van der Waals surface area (Å²) >= 11 is 0. The average Bonchev–Trinajstić information content (AvgIpc) is 3.15. The Hall–Kier alpha value is -4.70. The van der Waals surface area contributed by atoms with Crippen LogP contribution in [0.2, 0.25) is 0 Å². The molecule has 0 aliphatic rings. The zero-order valence-electron chi connectivity index (χ0n) is 32.5. The molecule has 0 saturated heterocycles. The Kier molecular flexibility index (Phi) is 15.2. The van der Waals surface area contributed by atoms with Crippen molar-refractivity contribution in [1.29, 1.82) is 0 Å². The van der Waals surface area contributed by atoms with Crippen LogP contribution in [0.25, 0.3) is 33.4 Å². The Bertz CT molecular complexity index is 1810. The third-order valence-corrected chi connectivity index (χ3v) is 9.92. The number of aryl methyl sites for hydroxylation is 5. The Morgan fingerprint density at radius 2 is 0.981 bits per heavy atom. The normalized spacial score (nSPS) is 11.0. The number of ether oxygens (including phenoxy) is 2. The Morgan fingerprint density at radius 1 is 0.538 bits per heavy atom. The molecule has 4 heteroatoms. The van der Waals surface area contributed by atoms with Crippen molar-refractivity contribution in [1.82, 2.24) is 0 Å². The molecule has 0 N–H and O–H groups in total. The molecule has 52 heavy (non-hydrogen) atoms. The minimum Gasteiger partial charge on any atom is -0.462 e. The third-order valence-electron chi connectivity index (χ3n) is 9.92. The second-order valence-corrected chi connectivity index (χ2v) is 14.1. The molecule has 0 heterocycles. The summed E-state index contributed by atoms with van der Waals surface area (Å²) in [6.45, 7) is 20.3. The highest BCUT2D eigenvalue weighted by Crippen LogP contribution is 2.35. The molecule has 0 amide bonds. The fraction of sp³-hybridized carbons (Fsp3) is 0.375. The van der Waals surface area contributed by atoms with Gasteiger partial charge in [-0.1, -0.05) is 120 Å². The maximum absolute atomic E-state index is 12.0. The smallest absolute Gasteiger partial charge is 0.333 e. The molecule has 4 aromatic rings. The van der Waals surface area contributed by atoms with Crippen molar-refractivity contribution < 1.29 is 19.1 Å². The first kappa shape index (κ1) is 40.1. The van der Waals surface area contributed by atoms with Crippen LogP contribution in [0.15, 0.2) is 97.1 Å². The van der Waals surface area contributed by atoms with Crippen LogP contribution in [0.1, 0.15) is 100 Å². The highest BCUT2D eigenvalue weighted by atomic mass is 16.5. The molecule has 4 aromatic carbocycles. The van der Waals surface area contributed by atoms with Crippen molar-refractivity contribution in [2.24, 2.45) is 0 Å².